The molecule has 3 aromatic carbocycles. The Morgan fingerprint density at radius 3 is 2.24 bits per heavy atom. The minimum absolute atomic E-state index is 0.00348. The molecule has 2 heterocycles. The molecule has 1 amide bonds. The zero-order valence-corrected chi connectivity index (χ0v) is 18.8. The first-order valence-corrected chi connectivity index (χ1v) is 11.6. The molecule has 0 aliphatic carbocycles. The first-order valence-electron chi connectivity index (χ1n) is 11.6. The van der Waals surface area contributed by atoms with E-state index < -0.39 is 0 Å². The highest BCUT2D eigenvalue weighted by Crippen LogP contribution is 2.32. The predicted molar refractivity (Wildman–Crippen MR) is 128 cm³/mol. The van der Waals surface area contributed by atoms with Gasteiger partial charge in [0.2, 0.25) is 17.7 Å². The number of carbonyl (C=O) groups excluding carboxylic acids is 1. The van der Waals surface area contributed by atoms with Crippen molar-refractivity contribution in [2.45, 2.75) is 31.1 Å². The molecular weight excluding hydrogens is 429 g/mol. The summed E-state index contributed by atoms with van der Waals surface area (Å²) in [5.41, 5.74) is 2.95. The number of amides is 1. The zero-order chi connectivity index (χ0) is 23.3. The lowest BCUT2D eigenvalue weighted by molar-refractivity contribution is -0.132. The van der Waals surface area contributed by atoms with Gasteiger partial charge in [-0.2, -0.15) is 0 Å². The van der Waals surface area contributed by atoms with Crippen LogP contribution < -0.4 is 0 Å². The van der Waals surface area contributed by atoms with Gasteiger partial charge in [-0.1, -0.05) is 60.7 Å². The molecule has 1 aliphatic rings. The molecule has 1 atom stereocenters. The Labute approximate surface area is 198 Å². The molecule has 0 saturated carbocycles. The molecule has 1 aromatic heterocycles. The van der Waals surface area contributed by atoms with E-state index in [1.807, 2.05) is 41.3 Å². The summed E-state index contributed by atoms with van der Waals surface area (Å²) in [6.45, 7) is 1.28. The van der Waals surface area contributed by atoms with E-state index in [1.165, 1.54) is 12.1 Å². The molecule has 1 aliphatic heterocycles. The second kappa shape index (κ2) is 10.00. The largest absolute Gasteiger partial charge is 0.420 e. The van der Waals surface area contributed by atoms with E-state index in [4.69, 9.17) is 4.42 Å². The quantitative estimate of drug-likeness (QED) is 0.368. The van der Waals surface area contributed by atoms with Crippen molar-refractivity contribution in [1.29, 1.82) is 0 Å². The number of hydrogen-bond donors (Lipinski definition) is 0. The highest BCUT2D eigenvalue weighted by molar-refractivity contribution is 5.78. The van der Waals surface area contributed by atoms with E-state index in [9.17, 15) is 9.18 Å². The summed E-state index contributed by atoms with van der Waals surface area (Å²) in [5, 5.41) is 8.39. The minimum Gasteiger partial charge on any atom is -0.420 e. The lowest BCUT2D eigenvalue weighted by Crippen LogP contribution is -2.39. The number of piperidine rings is 1. The van der Waals surface area contributed by atoms with E-state index in [0.717, 1.165) is 30.5 Å². The molecule has 1 saturated heterocycles. The third-order valence-corrected chi connectivity index (χ3v) is 6.44. The van der Waals surface area contributed by atoms with Crippen LogP contribution in [0.2, 0.25) is 0 Å². The summed E-state index contributed by atoms with van der Waals surface area (Å²) in [4.78, 5) is 15.3. The van der Waals surface area contributed by atoms with Crippen molar-refractivity contribution in [3.63, 3.8) is 0 Å². The van der Waals surface area contributed by atoms with Crippen LogP contribution in [0.3, 0.4) is 0 Å². The number of nitrogens with zero attached hydrogens (tertiary/aromatic N) is 3. The first kappa shape index (κ1) is 22.0. The molecule has 0 spiro atoms. The molecule has 172 valence electrons. The molecule has 6 heteroatoms. The Balaban J connectivity index is 1.30. The Kier molecular flexibility index (Phi) is 6.47. The van der Waals surface area contributed by atoms with Gasteiger partial charge >= 0.3 is 0 Å². The maximum atomic E-state index is 13.4. The van der Waals surface area contributed by atoms with Gasteiger partial charge in [-0.25, -0.2) is 4.39 Å². The summed E-state index contributed by atoms with van der Waals surface area (Å²) in [5.74, 6) is 0.705. The summed E-state index contributed by atoms with van der Waals surface area (Å²) >= 11 is 0. The third kappa shape index (κ3) is 4.91. The molecule has 5 rings (SSSR count). The maximum Gasteiger partial charge on any atom is 0.247 e. The van der Waals surface area contributed by atoms with Gasteiger partial charge in [0.25, 0.3) is 0 Å². The maximum absolute atomic E-state index is 13.4. The molecule has 0 N–H and O–H groups in total. The second-order valence-corrected chi connectivity index (χ2v) is 8.71. The SMILES string of the molecule is O=C(CC(c1ccccc1)c1ccccc1)N1CCCC(c2nnc(-c3ccc(F)cc3)o2)C1. The first-order chi connectivity index (χ1) is 16.7. The van der Waals surface area contributed by atoms with Crippen LogP contribution in [-0.2, 0) is 4.79 Å². The summed E-state index contributed by atoms with van der Waals surface area (Å²) in [6.07, 6.45) is 2.17. The number of benzene rings is 3. The standard InChI is InChI=1S/C28H26FN3O2/c29-24-15-13-22(14-16-24)27-30-31-28(34-27)23-12-7-17-32(19-23)26(33)18-25(20-8-3-1-4-9-20)21-10-5-2-6-11-21/h1-6,8-11,13-16,23,25H,7,12,17-19H2. The Bertz CT molecular complexity index is 1190. The van der Waals surface area contributed by atoms with Crippen molar-refractivity contribution in [3.8, 4) is 11.5 Å². The zero-order valence-electron chi connectivity index (χ0n) is 18.8. The van der Waals surface area contributed by atoms with Crippen molar-refractivity contribution < 1.29 is 13.6 Å². The smallest absolute Gasteiger partial charge is 0.247 e. The van der Waals surface area contributed by atoms with Crippen LogP contribution in [0.4, 0.5) is 4.39 Å². The van der Waals surface area contributed by atoms with Gasteiger partial charge in [0.05, 0.1) is 5.92 Å². The minimum atomic E-state index is -0.311. The van der Waals surface area contributed by atoms with E-state index in [1.54, 1.807) is 12.1 Å². The average molecular weight is 456 g/mol. The van der Waals surface area contributed by atoms with Crippen molar-refractivity contribution >= 4 is 5.91 Å². The number of hydrogen-bond acceptors (Lipinski definition) is 4. The average Bonchev–Trinajstić information content (AvgIpc) is 3.39. The Hall–Kier alpha value is -3.80. The van der Waals surface area contributed by atoms with Gasteiger partial charge in [-0.3, -0.25) is 4.79 Å². The summed E-state index contributed by atoms with van der Waals surface area (Å²) in [7, 11) is 0. The van der Waals surface area contributed by atoms with Crippen LogP contribution in [0.25, 0.3) is 11.5 Å². The van der Waals surface area contributed by atoms with Crippen molar-refractivity contribution in [3.05, 3.63) is 108 Å². The van der Waals surface area contributed by atoms with Gasteiger partial charge in [-0.15, -0.1) is 10.2 Å². The molecule has 0 radical (unpaired) electrons. The van der Waals surface area contributed by atoms with E-state index in [0.29, 0.717) is 30.3 Å². The second-order valence-electron chi connectivity index (χ2n) is 8.71. The van der Waals surface area contributed by atoms with Gasteiger partial charge in [0.1, 0.15) is 5.82 Å². The van der Waals surface area contributed by atoms with Gasteiger partial charge in [0.15, 0.2) is 0 Å². The van der Waals surface area contributed by atoms with Crippen LogP contribution in [-0.4, -0.2) is 34.1 Å². The molecular formula is C28H26FN3O2. The summed E-state index contributed by atoms with van der Waals surface area (Å²) in [6, 6.07) is 26.4. The lowest BCUT2D eigenvalue weighted by Gasteiger charge is -2.32. The fourth-order valence-electron chi connectivity index (χ4n) is 4.62. The third-order valence-electron chi connectivity index (χ3n) is 6.44. The topological polar surface area (TPSA) is 59.2 Å². The molecule has 5 nitrogen and oxygen atoms in total. The molecule has 4 aromatic rings. The van der Waals surface area contributed by atoms with E-state index in [-0.39, 0.29) is 23.6 Å². The normalized spacial score (nSPS) is 16.1. The van der Waals surface area contributed by atoms with Gasteiger partial charge < -0.3 is 9.32 Å². The fourth-order valence-corrected chi connectivity index (χ4v) is 4.62. The lowest BCUT2D eigenvalue weighted by atomic mass is 9.87. The highest BCUT2D eigenvalue weighted by atomic mass is 19.1. The predicted octanol–water partition coefficient (Wildman–Crippen LogP) is 5.80. The van der Waals surface area contributed by atoms with Crippen molar-refractivity contribution in [2.75, 3.05) is 13.1 Å². The van der Waals surface area contributed by atoms with Crippen LogP contribution in [0.15, 0.2) is 89.3 Å². The van der Waals surface area contributed by atoms with Crippen LogP contribution in [0.1, 0.15) is 48.1 Å². The van der Waals surface area contributed by atoms with Crippen LogP contribution in [0, 0.1) is 5.82 Å². The monoisotopic (exact) mass is 455 g/mol. The van der Waals surface area contributed by atoms with Crippen molar-refractivity contribution in [2.24, 2.45) is 0 Å². The van der Waals surface area contributed by atoms with Gasteiger partial charge in [-0.05, 0) is 48.2 Å². The highest BCUT2D eigenvalue weighted by Gasteiger charge is 2.30. The number of aromatic nitrogens is 2. The Morgan fingerprint density at radius 1 is 0.941 bits per heavy atom. The van der Waals surface area contributed by atoms with E-state index in [2.05, 4.69) is 34.5 Å². The molecule has 0 bridgehead atoms. The number of halogens is 1. The molecule has 1 unspecified atom stereocenters. The molecule has 34 heavy (non-hydrogen) atoms. The molecule has 1 fully saturated rings. The number of rotatable bonds is 6. The van der Waals surface area contributed by atoms with Gasteiger partial charge in [0, 0.05) is 31.0 Å². The van der Waals surface area contributed by atoms with E-state index >= 15 is 0 Å². The number of likely N-dealkylation sites (tertiary alicyclic amines) is 1. The Morgan fingerprint density at radius 2 is 1.59 bits per heavy atom. The fraction of sp³-hybridized carbons (Fsp3) is 0.250. The van der Waals surface area contributed by atoms with Crippen LogP contribution >= 0.6 is 0 Å². The van der Waals surface area contributed by atoms with Crippen molar-refractivity contribution in [1.82, 2.24) is 15.1 Å². The number of carbonyl (C=O) groups is 1. The van der Waals surface area contributed by atoms with Crippen LogP contribution in [0.5, 0.6) is 0 Å². The summed E-state index contributed by atoms with van der Waals surface area (Å²) < 4.78 is 19.1.